The van der Waals surface area contributed by atoms with Crippen molar-refractivity contribution < 1.29 is 24.2 Å². The second-order valence-electron chi connectivity index (χ2n) is 8.81. The van der Waals surface area contributed by atoms with Crippen LogP contribution < -0.4 is 9.64 Å². The molecule has 2 saturated heterocycles. The molecule has 186 valence electrons. The average Bonchev–Trinajstić information content (AvgIpc) is 3.48. The number of Topliss-reactive ketones (excluding diaryl/α,β-unsaturated/α-hetero) is 1. The van der Waals surface area contributed by atoms with E-state index in [9.17, 15) is 14.7 Å². The number of carbonyl (C=O) groups excluding carboxylic acids is 2. The summed E-state index contributed by atoms with van der Waals surface area (Å²) in [4.78, 5) is 30.2. The first-order valence-corrected chi connectivity index (χ1v) is 12.5. The van der Waals surface area contributed by atoms with Gasteiger partial charge in [-0.05, 0) is 75.6 Å². The van der Waals surface area contributed by atoms with Crippen LogP contribution in [0, 0.1) is 0 Å². The average molecular weight is 479 g/mol. The smallest absolute Gasteiger partial charge is 0.295 e. The highest BCUT2D eigenvalue weighted by Gasteiger charge is 2.47. The number of ether oxygens (including phenoxy) is 2. The van der Waals surface area contributed by atoms with Crippen LogP contribution in [-0.2, 0) is 14.3 Å². The molecule has 0 aliphatic carbocycles. The van der Waals surface area contributed by atoms with E-state index < -0.39 is 17.7 Å². The molecule has 1 amide bonds. The second kappa shape index (κ2) is 11.0. The lowest BCUT2D eigenvalue weighted by Crippen LogP contribution is -2.36. The summed E-state index contributed by atoms with van der Waals surface area (Å²) in [5.74, 6) is -0.788. The van der Waals surface area contributed by atoms with Gasteiger partial charge in [-0.1, -0.05) is 12.1 Å². The standard InChI is InChI=1S/C28H34N2O5/c1-4-29(5-2)21-13-9-19(10-14-21)25-24(26(31)20-11-15-22(16-12-20)34-6-3)27(32)28(33)30(25)18-23-8-7-17-35-23/h9-16,23,25,31H,4-8,17-18H2,1-3H3/b26-24+. The van der Waals surface area contributed by atoms with E-state index in [2.05, 4.69) is 18.7 Å². The van der Waals surface area contributed by atoms with Gasteiger partial charge in [0.2, 0.25) is 0 Å². The fourth-order valence-corrected chi connectivity index (χ4v) is 4.91. The molecule has 4 rings (SSSR count). The van der Waals surface area contributed by atoms with Gasteiger partial charge in [0, 0.05) is 37.5 Å². The first-order valence-electron chi connectivity index (χ1n) is 12.5. The Bertz CT molecular complexity index is 1070. The van der Waals surface area contributed by atoms with Crippen molar-refractivity contribution in [3.63, 3.8) is 0 Å². The summed E-state index contributed by atoms with van der Waals surface area (Å²) in [5.41, 5.74) is 2.42. The van der Waals surface area contributed by atoms with E-state index in [0.717, 1.165) is 37.2 Å². The van der Waals surface area contributed by atoms with E-state index in [1.807, 2.05) is 31.2 Å². The Morgan fingerprint density at radius 1 is 1.06 bits per heavy atom. The molecule has 2 fully saturated rings. The number of benzene rings is 2. The summed E-state index contributed by atoms with van der Waals surface area (Å²) in [7, 11) is 0. The van der Waals surface area contributed by atoms with Crippen LogP contribution in [0.25, 0.3) is 5.76 Å². The molecule has 0 spiro atoms. The van der Waals surface area contributed by atoms with Gasteiger partial charge in [-0.15, -0.1) is 0 Å². The molecule has 35 heavy (non-hydrogen) atoms. The molecule has 7 nitrogen and oxygen atoms in total. The molecule has 1 N–H and O–H groups in total. The minimum atomic E-state index is -0.684. The van der Waals surface area contributed by atoms with Crippen molar-refractivity contribution in [2.24, 2.45) is 0 Å². The zero-order valence-corrected chi connectivity index (χ0v) is 20.7. The van der Waals surface area contributed by atoms with Crippen LogP contribution in [0.4, 0.5) is 5.69 Å². The largest absolute Gasteiger partial charge is 0.507 e. The van der Waals surface area contributed by atoms with Crippen LogP contribution >= 0.6 is 0 Å². The molecule has 0 radical (unpaired) electrons. The zero-order valence-electron chi connectivity index (χ0n) is 20.7. The maximum Gasteiger partial charge on any atom is 0.295 e. The third kappa shape index (κ3) is 5.05. The van der Waals surface area contributed by atoms with Gasteiger partial charge in [-0.3, -0.25) is 9.59 Å². The number of rotatable bonds is 9. The molecule has 7 heteroatoms. The maximum atomic E-state index is 13.2. The third-order valence-electron chi connectivity index (χ3n) is 6.74. The van der Waals surface area contributed by atoms with Gasteiger partial charge in [0.1, 0.15) is 11.5 Å². The van der Waals surface area contributed by atoms with Gasteiger partial charge in [0.15, 0.2) is 0 Å². The number of anilines is 1. The van der Waals surface area contributed by atoms with Gasteiger partial charge in [0.05, 0.1) is 24.3 Å². The summed E-state index contributed by atoms with van der Waals surface area (Å²) in [6.07, 6.45) is 1.66. The predicted octanol–water partition coefficient (Wildman–Crippen LogP) is 4.53. The van der Waals surface area contributed by atoms with Crippen LogP contribution in [0.3, 0.4) is 0 Å². The van der Waals surface area contributed by atoms with Gasteiger partial charge in [0.25, 0.3) is 11.7 Å². The number of nitrogens with zero attached hydrogens (tertiary/aromatic N) is 2. The zero-order chi connectivity index (χ0) is 24.9. The van der Waals surface area contributed by atoms with E-state index in [1.54, 1.807) is 29.2 Å². The van der Waals surface area contributed by atoms with Crippen LogP contribution in [0.1, 0.15) is 50.8 Å². The number of aliphatic hydroxyl groups is 1. The Kier molecular flexibility index (Phi) is 7.76. The quantitative estimate of drug-likeness (QED) is 0.324. The van der Waals surface area contributed by atoms with E-state index in [0.29, 0.717) is 31.1 Å². The molecule has 2 atom stereocenters. The number of hydrogen-bond donors (Lipinski definition) is 1. The molecule has 0 bridgehead atoms. The van der Waals surface area contributed by atoms with Gasteiger partial charge >= 0.3 is 0 Å². The van der Waals surface area contributed by atoms with Gasteiger partial charge in [-0.25, -0.2) is 0 Å². The molecular formula is C28H34N2O5. The molecular weight excluding hydrogens is 444 g/mol. The Labute approximate surface area is 206 Å². The second-order valence-corrected chi connectivity index (χ2v) is 8.81. The van der Waals surface area contributed by atoms with Crippen molar-refractivity contribution >= 4 is 23.1 Å². The Morgan fingerprint density at radius 2 is 1.74 bits per heavy atom. The first-order chi connectivity index (χ1) is 17.0. The minimum Gasteiger partial charge on any atom is -0.507 e. The number of aliphatic hydroxyl groups excluding tert-OH is 1. The Hall–Kier alpha value is -3.32. The summed E-state index contributed by atoms with van der Waals surface area (Å²) < 4.78 is 11.3. The van der Waals surface area contributed by atoms with Gasteiger partial charge < -0.3 is 24.4 Å². The lowest BCUT2D eigenvalue weighted by Gasteiger charge is -2.28. The van der Waals surface area contributed by atoms with Crippen molar-refractivity contribution in [2.45, 2.75) is 45.8 Å². The predicted molar refractivity (Wildman–Crippen MR) is 136 cm³/mol. The fraction of sp³-hybridized carbons (Fsp3) is 0.429. The number of hydrogen-bond acceptors (Lipinski definition) is 6. The van der Waals surface area contributed by atoms with Crippen LogP contribution in [0.15, 0.2) is 54.1 Å². The monoisotopic (exact) mass is 478 g/mol. The summed E-state index contributed by atoms with van der Waals surface area (Å²) in [6, 6.07) is 14.1. The Balaban J connectivity index is 1.76. The lowest BCUT2D eigenvalue weighted by molar-refractivity contribution is -0.140. The summed E-state index contributed by atoms with van der Waals surface area (Å²) in [6.45, 7) is 9.36. The van der Waals surface area contributed by atoms with Gasteiger partial charge in [-0.2, -0.15) is 0 Å². The highest BCUT2D eigenvalue weighted by molar-refractivity contribution is 6.46. The SMILES string of the molecule is CCOc1ccc(/C(O)=C2\C(=O)C(=O)N(CC3CCCO3)C2c2ccc(N(CC)CC)cc2)cc1. The number of amides is 1. The molecule has 2 aliphatic heterocycles. The third-order valence-corrected chi connectivity index (χ3v) is 6.74. The summed E-state index contributed by atoms with van der Waals surface area (Å²) in [5, 5.41) is 11.3. The van der Waals surface area contributed by atoms with E-state index in [4.69, 9.17) is 9.47 Å². The van der Waals surface area contributed by atoms with Crippen LogP contribution in [0.2, 0.25) is 0 Å². The summed E-state index contributed by atoms with van der Waals surface area (Å²) >= 11 is 0. The molecule has 0 saturated carbocycles. The van der Waals surface area contributed by atoms with Crippen molar-refractivity contribution in [1.29, 1.82) is 0 Å². The van der Waals surface area contributed by atoms with Crippen LogP contribution in [-0.4, -0.2) is 60.6 Å². The topological polar surface area (TPSA) is 79.3 Å². The highest BCUT2D eigenvalue weighted by atomic mass is 16.5. The van der Waals surface area contributed by atoms with E-state index in [1.165, 1.54) is 0 Å². The maximum absolute atomic E-state index is 13.2. The van der Waals surface area contributed by atoms with Crippen molar-refractivity contribution in [3.8, 4) is 5.75 Å². The number of carbonyl (C=O) groups is 2. The first kappa shape index (κ1) is 24.8. The normalized spacial score (nSPS) is 21.5. The fourth-order valence-electron chi connectivity index (χ4n) is 4.91. The molecule has 2 aromatic carbocycles. The molecule has 0 aromatic heterocycles. The number of likely N-dealkylation sites (tertiary alicyclic amines) is 1. The Morgan fingerprint density at radius 3 is 2.31 bits per heavy atom. The highest BCUT2D eigenvalue weighted by Crippen LogP contribution is 2.40. The van der Waals surface area contributed by atoms with E-state index in [-0.39, 0.29) is 17.4 Å². The molecule has 2 unspecified atom stereocenters. The molecule has 2 aromatic rings. The molecule has 2 aliphatic rings. The minimum absolute atomic E-state index is 0.104. The lowest BCUT2D eigenvalue weighted by atomic mass is 9.95. The molecule has 2 heterocycles. The van der Waals surface area contributed by atoms with Crippen LogP contribution in [0.5, 0.6) is 5.75 Å². The van der Waals surface area contributed by atoms with E-state index >= 15 is 0 Å². The number of ketones is 1. The van der Waals surface area contributed by atoms with Crippen molar-refractivity contribution in [2.75, 3.05) is 37.7 Å². The van der Waals surface area contributed by atoms with Crippen molar-refractivity contribution in [1.82, 2.24) is 4.90 Å². The van der Waals surface area contributed by atoms with Crippen molar-refractivity contribution in [3.05, 3.63) is 65.2 Å².